The SMILES string of the molecule is CN(CCCc1ccc(CN)cc1)CCNC(=O)c1cc2ccccc2[nH]1. The monoisotopic (exact) mass is 364 g/mol. The second kappa shape index (κ2) is 9.35. The second-order valence-corrected chi connectivity index (χ2v) is 6.95. The van der Waals surface area contributed by atoms with Gasteiger partial charge in [-0.15, -0.1) is 0 Å². The van der Waals surface area contributed by atoms with Crippen LogP contribution in [0.3, 0.4) is 0 Å². The van der Waals surface area contributed by atoms with E-state index in [1.165, 1.54) is 11.1 Å². The number of aryl methyl sites for hydroxylation is 1. The number of rotatable bonds is 9. The first kappa shape index (κ1) is 19.1. The van der Waals surface area contributed by atoms with Gasteiger partial charge >= 0.3 is 0 Å². The van der Waals surface area contributed by atoms with Crippen molar-refractivity contribution in [3.8, 4) is 0 Å². The summed E-state index contributed by atoms with van der Waals surface area (Å²) in [6, 6.07) is 18.3. The Kier molecular flexibility index (Phi) is 6.63. The minimum atomic E-state index is -0.0559. The summed E-state index contributed by atoms with van der Waals surface area (Å²) in [4.78, 5) is 17.7. The maximum Gasteiger partial charge on any atom is 0.267 e. The van der Waals surface area contributed by atoms with Gasteiger partial charge in [0.15, 0.2) is 0 Å². The summed E-state index contributed by atoms with van der Waals surface area (Å²) in [7, 11) is 2.09. The lowest BCUT2D eigenvalue weighted by Gasteiger charge is -2.16. The number of hydrogen-bond acceptors (Lipinski definition) is 3. The van der Waals surface area contributed by atoms with Crippen molar-refractivity contribution in [1.82, 2.24) is 15.2 Å². The molecular formula is C22H28N4O. The van der Waals surface area contributed by atoms with E-state index >= 15 is 0 Å². The molecular weight excluding hydrogens is 336 g/mol. The van der Waals surface area contributed by atoms with Crippen LogP contribution in [-0.2, 0) is 13.0 Å². The first-order valence-corrected chi connectivity index (χ1v) is 9.48. The van der Waals surface area contributed by atoms with Crippen LogP contribution in [0.15, 0.2) is 54.6 Å². The number of carbonyl (C=O) groups excluding carboxylic acids is 1. The molecule has 1 aromatic heterocycles. The number of hydrogen-bond donors (Lipinski definition) is 3. The number of benzene rings is 2. The van der Waals surface area contributed by atoms with Gasteiger partial charge in [-0.25, -0.2) is 0 Å². The Morgan fingerprint density at radius 3 is 2.56 bits per heavy atom. The van der Waals surface area contributed by atoms with Crippen LogP contribution >= 0.6 is 0 Å². The Balaban J connectivity index is 1.36. The molecule has 0 aliphatic carbocycles. The number of fused-ring (bicyclic) bond motifs is 1. The minimum Gasteiger partial charge on any atom is -0.351 e. The quantitative estimate of drug-likeness (QED) is 0.546. The Morgan fingerprint density at radius 2 is 1.81 bits per heavy atom. The van der Waals surface area contributed by atoms with Crippen LogP contribution in [0.1, 0.15) is 28.0 Å². The fraction of sp³-hybridized carbons (Fsp3) is 0.318. The molecule has 0 atom stereocenters. The summed E-state index contributed by atoms with van der Waals surface area (Å²) >= 11 is 0. The number of H-pyrrole nitrogens is 1. The third kappa shape index (κ3) is 5.42. The van der Waals surface area contributed by atoms with Crippen LogP contribution in [0.4, 0.5) is 0 Å². The van der Waals surface area contributed by atoms with Crippen molar-refractivity contribution in [3.63, 3.8) is 0 Å². The van der Waals surface area contributed by atoms with Crippen LogP contribution < -0.4 is 11.1 Å². The largest absolute Gasteiger partial charge is 0.351 e. The summed E-state index contributed by atoms with van der Waals surface area (Å²) in [6.07, 6.45) is 2.14. The molecule has 0 spiro atoms. The molecule has 3 aromatic rings. The lowest BCUT2D eigenvalue weighted by Crippen LogP contribution is -2.33. The number of nitrogens with one attached hydrogen (secondary N) is 2. The van der Waals surface area contributed by atoms with Crippen LogP contribution in [-0.4, -0.2) is 42.5 Å². The smallest absolute Gasteiger partial charge is 0.267 e. The molecule has 2 aromatic carbocycles. The molecule has 0 aliphatic heterocycles. The van der Waals surface area contributed by atoms with Gasteiger partial charge in [-0.05, 0) is 49.7 Å². The normalized spacial score (nSPS) is 11.2. The van der Waals surface area contributed by atoms with Crippen LogP contribution in [0.2, 0.25) is 0 Å². The van der Waals surface area contributed by atoms with Crippen molar-refractivity contribution >= 4 is 16.8 Å². The van der Waals surface area contributed by atoms with E-state index in [0.717, 1.165) is 36.8 Å². The van der Waals surface area contributed by atoms with Crippen molar-refractivity contribution in [2.45, 2.75) is 19.4 Å². The number of nitrogens with two attached hydrogens (primary N) is 1. The summed E-state index contributed by atoms with van der Waals surface area (Å²) < 4.78 is 0. The molecule has 4 N–H and O–H groups in total. The van der Waals surface area contributed by atoms with Gasteiger partial charge in [-0.1, -0.05) is 42.5 Å². The second-order valence-electron chi connectivity index (χ2n) is 6.95. The summed E-state index contributed by atoms with van der Waals surface area (Å²) in [5, 5.41) is 4.04. The fourth-order valence-corrected chi connectivity index (χ4v) is 3.16. The molecule has 0 saturated heterocycles. The number of likely N-dealkylation sites (N-methyl/N-ethyl adjacent to an activating group) is 1. The predicted octanol–water partition coefficient (Wildman–Crippen LogP) is 2.92. The molecule has 0 unspecified atom stereocenters. The molecule has 5 nitrogen and oxygen atoms in total. The van der Waals surface area contributed by atoms with Gasteiger partial charge in [0.2, 0.25) is 0 Å². The van der Waals surface area contributed by atoms with Crippen molar-refractivity contribution < 1.29 is 4.79 Å². The molecule has 3 rings (SSSR count). The summed E-state index contributed by atoms with van der Waals surface area (Å²) in [5.41, 5.74) is 9.73. The van der Waals surface area contributed by atoms with Gasteiger partial charge in [0.25, 0.3) is 5.91 Å². The molecule has 1 amide bonds. The molecule has 142 valence electrons. The lowest BCUT2D eigenvalue weighted by molar-refractivity contribution is 0.0945. The highest BCUT2D eigenvalue weighted by molar-refractivity contribution is 5.97. The number of para-hydroxylation sites is 1. The molecule has 0 fully saturated rings. The van der Waals surface area contributed by atoms with E-state index in [4.69, 9.17) is 5.73 Å². The Hall–Kier alpha value is -2.63. The zero-order valence-corrected chi connectivity index (χ0v) is 15.9. The van der Waals surface area contributed by atoms with Crippen molar-refractivity contribution in [2.24, 2.45) is 5.73 Å². The first-order chi connectivity index (χ1) is 13.2. The summed E-state index contributed by atoms with van der Waals surface area (Å²) in [6.45, 7) is 3.06. The van der Waals surface area contributed by atoms with Gasteiger partial charge in [0, 0.05) is 30.5 Å². The maximum absolute atomic E-state index is 12.3. The van der Waals surface area contributed by atoms with Crippen molar-refractivity contribution in [1.29, 1.82) is 0 Å². The number of aromatic amines is 1. The molecule has 5 heteroatoms. The third-order valence-corrected chi connectivity index (χ3v) is 4.82. The maximum atomic E-state index is 12.3. The Bertz CT molecular complexity index is 836. The predicted molar refractivity (Wildman–Crippen MR) is 111 cm³/mol. The topological polar surface area (TPSA) is 74.2 Å². The lowest BCUT2D eigenvalue weighted by atomic mass is 10.1. The molecule has 1 heterocycles. The van der Waals surface area contributed by atoms with Gasteiger partial charge in [-0.2, -0.15) is 0 Å². The van der Waals surface area contributed by atoms with E-state index in [0.29, 0.717) is 18.8 Å². The average molecular weight is 364 g/mol. The molecule has 0 bridgehead atoms. The Labute approximate surface area is 160 Å². The standard InChI is InChI=1S/C22H28N4O/c1-26(13-4-5-17-8-10-18(16-23)11-9-17)14-12-24-22(27)21-15-19-6-2-3-7-20(19)25-21/h2-3,6-11,15,25H,4-5,12-14,16,23H2,1H3,(H,24,27). The highest BCUT2D eigenvalue weighted by atomic mass is 16.1. The van der Waals surface area contributed by atoms with Crippen molar-refractivity contribution in [2.75, 3.05) is 26.7 Å². The molecule has 0 aliphatic rings. The minimum absolute atomic E-state index is 0.0559. The van der Waals surface area contributed by atoms with Gasteiger partial charge in [0.05, 0.1) is 0 Å². The van der Waals surface area contributed by atoms with E-state index in [1.54, 1.807) is 0 Å². The zero-order chi connectivity index (χ0) is 19.1. The highest BCUT2D eigenvalue weighted by Crippen LogP contribution is 2.14. The fourth-order valence-electron chi connectivity index (χ4n) is 3.16. The van der Waals surface area contributed by atoms with Gasteiger partial charge in [0.1, 0.15) is 5.69 Å². The molecule has 27 heavy (non-hydrogen) atoms. The molecule has 0 saturated carbocycles. The van der Waals surface area contributed by atoms with E-state index < -0.39 is 0 Å². The summed E-state index contributed by atoms with van der Waals surface area (Å²) in [5.74, 6) is -0.0559. The van der Waals surface area contributed by atoms with E-state index in [-0.39, 0.29) is 5.91 Å². The van der Waals surface area contributed by atoms with Crippen LogP contribution in [0.25, 0.3) is 10.9 Å². The van der Waals surface area contributed by atoms with Gasteiger partial charge in [-0.3, -0.25) is 4.79 Å². The average Bonchev–Trinajstić information content (AvgIpc) is 3.13. The number of carbonyl (C=O) groups is 1. The number of nitrogens with zero attached hydrogens (tertiary/aromatic N) is 1. The third-order valence-electron chi connectivity index (χ3n) is 4.82. The van der Waals surface area contributed by atoms with E-state index in [1.807, 2.05) is 30.3 Å². The molecule has 0 radical (unpaired) electrons. The van der Waals surface area contributed by atoms with E-state index in [2.05, 4.69) is 46.5 Å². The Morgan fingerprint density at radius 1 is 1.07 bits per heavy atom. The van der Waals surface area contributed by atoms with Crippen LogP contribution in [0.5, 0.6) is 0 Å². The first-order valence-electron chi connectivity index (χ1n) is 9.48. The van der Waals surface area contributed by atoms with E-state index in [9.17, 15) is 4.79 Å². The van der Waals surface area contributed by atoms with Gasteiger partial charge < -0.3 is 20.9 Å². The highest BCUT2D eigenvalue weighted by Gasteiger charge is 2.09. The zero-order valence-electron chi connectivity index (χ0n) is 15.9. The van der Waals surface area contributed by atoms with Crippen molar-refractivity contribution in [3.05, 3.63) is 71.4 Å². The van der Waals surface area contributed by atoms with Crippen LogP contribution in [0, 0.1) is 0 Å². The number of aromatic nitrogens is 1. The number of amides is 1.